The molecule has 0 nitrogen and oxygen atoms in total. The fraction of sp³-hybridized carbons (Fsp3) is 0.385. The van der Waals surface area contributed by atoms with E-state index in [1.165, 1.54) is 32.1 Å². The maximum atomic E-state index is 2.33. The predicted molar refractivity (Wildman–Crippen MR) is 55.4 cm³/mol. The Morgan fingerprint density at radius 1 is 0.769 bits per heavy atom. The normalized spacial score (nSPS) is 25.2. The van der Waals surface area contributed by atoms with Crippen molar-refractivity contribution in [3.8, 4) is 0 Å². The molecule has 3 aliphatic carbocycles. The van der Waals surface area contributed by atoms with Gasteiger partial charge in [0.25, 0.3) is 0 Å². The van der Waals surface area contributed by atoms with E-state index in [9.17, 15) is 0 Å². The molecule has 0 atom stereocenters. The molecule has 0 saturated carbocycles. The van der Waals surface area contributed by atoms with Gasteiger partial charge in [-0.25, -0.2) is 0 Å². The minimum Gasteiger partial charge on any atom is -0.0836 e. The zero-order valence-corrected chi connectivity index (χ0v) is 7.84. The molecule has 3 aliphatic rings. The molecular weight excluding hydrogens is 156 g/mol. The summed E-state index contributed by atoms with van der Waals surface area (Å²) >= 11 is 0. The van der Waals surface area contributed by atoms with Crippen LogP contribution in [0.3, 0.4) is 0 Å². The summed E-state index contributed by atoms with van der Waals surface area (Å²) in [5, 5.41) is 0. The van der Waals surface area contributed by atoms with Crippen LogP contribution in [0.5, 0.6) is 0 Å². The first-order chi connectivity index (χ1) is 6.45. The summed E-state index contributed by atoms with van der Waals surface area (Å²) in [5.41, 5.74) is 6.49. The largest absolute Gasteiger partial charge is 0.0836 e. The van der Waals surface area contributed by atoms with Crippen LogP contribution in [0.25, 0.3) is 0 Å². The quantitative estimate of drug-likeness (QED) is 0.520. The molecule has 0 aliphatic heterocycles. The van der Waals surface area contributed by atoms with Gasteiger partial charge in [0.15, 0.2) is 0 Å². The minimum absolute atomic E-state index is 1.25. The van der Waals surface area contributed by atoms with E-state index in [0.717, 1.165) is 0 Å². The molecule has 0 saturated heterocycles. The lowest BCUT2D eigenvalue weighted by Gasteiger charge is -2.10. The first-order valence-corrected chi connectivity index (χ1v) is 5.22. The van der Waals surface area contributed by atoms with Crippen molar-refractivity contribution in [3.05, 3.63) is 46.6 Å². The summed E-state index contributed by atoms with van der Waals surface area (Å²) in [5.74, 6) is 0. The van der Waals surface area contributed by atoms with Crippen LogP contribution >= 0.6 is 0 Å². The Bertz CT molecular complexity index is 325. The van der Waals surface area contributed by atoms with Crippen molar-refractivity contribution < 1.29 is 0 Å². The van der Waals surface area contributed by atoms with Gasteiger partial charge in [0.2, 0.25) is 0 Å². The third-order valence-corrected chi connectivity index (χ3v) is 3.27. The zero-order chi connectivity index (χ0) is 8.67. The van der Waals surface area contributed by atoms with Gasteiger partial charge in [-0.2, -0.15) is 0 Å². The van der Waals surface area contributed by atoms with Gasteiger partial charge in [0.1, 0.15) is 0 Å². The molecule has 3 rings (SSSR count). The van der Waals surface area contributed by atoms with E-state index in [0.29, 0.717) is 0 Å². The molecule has 0 amide bonds. The second-order valence-corrected chi connectivity index (χ2v) is 4.09. The maximum absolute atomic E-state index is 2.33. The zero-order valence-electron chi connectivity index (χ0n) is 7.84. The fourth-order valence-corrected chi connectivity index (χ4v) is 2.61. The summed E-state index contributed by atoms with van der Waals surface area (Å²) in [6.45, 7) is 0. The number of fused-ring (bicyclic) bond motifs is 1. The highest BCUT2D eigenvalue weighted by Crippen LogP contribution is 2.41. The van der Waals surface area contributed by atoms with Crippen molar-refractivity contribution in [1.29, 1.82) is 0 Å². The van der Waals surface area contributed by atoms with Gasteiger partial charge in [-0.1, -0.05) is 35.5 Å². The van der Waals surface area contributed by atoms with Crippen molar-refractivity contribution in [3.63, 3.8) is 0 Å². The number of allylic oxidation sites excluding steroid dienone is 8. The second-order valence-electron chi connectivity index (χ2n) is 4.09. The molecule has 66 valence electrons. The highest BCUT2D eigenvalue weighted by Gasteiger charge is 2.23. The molecule has 0 heterocycles. The monoisotopic (exact) mass is 170 g/mol. The Morgan fingerprint density at radius 2 is 1.31 bits per heavy atom. The number of hydrogen-bond acceptors (Lipinski definition) is 0. The van der Waals surface area contributed by atoms with E-state index in [-0.39, 0.29) is 0 Å². The lowest BCUT2D eigenvalue weighted by molar-refractivity contribution is 0.868. The van der Waals surface area contributed by atoms with Crippen LogP contribution in [0.4, 0.5) is 0 Å². The van der Waals surface area contributed by atoms with Gasteiger partial charge in [0, 0.05) is 0 Å². The Balaban J connectivity index is 2.05. The summed E-state index contributed by atoms with van der Waals surface area (Å²) in [4.78, 5) is 0. The van der Waals surface area contributed by atoms with Crippen LogP contribution in [-0.2, 0) is 0 Å². The van der Waals surface area contributed by atoms with Gasteiger partial charge in [-0.05, 0) is 43.3 Å². The van der Waals surface area contributed by atoms with Crippen LogP contribution in [0.1, 0.15) is 32.1 Å². The number of hydrogen-bond donors (Lipinski definition) is 0. The van der Waals surface area contributed by atoms with Crippen molar-refractivity contribution in [2.75, 3.05) is 0 Å². The molecule has 0 N–H and O–H groups in total. The molecule has 0 aromatic carbocycles. The summed E-state index contributed by atoms with van der Waals surface area (Å²) in [7, 11) is 0. The molecule has 0 spiro atoms. The van der Waals surface area contributed by atoms with Crippen LogP contribution in [-0.4, -0.2) is 0 Å². The van der Waals surface area contributed by atoms with Crippen LogP contribution in [0.2, 0.25) is 0 Å². The number of rotatable bonds is 0. The van der Waals surface area contributed by atoms with Crippen LogP contribution in [0.15, 0.2) is 46.6 Å². The van der Waals surface area contributed by atoms with E-state index < -0.39 is 0 Å². The lowest BCUT2D eigenvalue weighted by Crippen LogP contribution is -1.90. The molecule has 13 heavy (non-hydrogen) atoms. The van der Waals surface area contributed by atoms with E-state index in [2.05, 4.69) is 24.3 Å². The third kappa shape index (κ3) is 1.05. The van der Waals surface area contributed by atoms with E-state index in [1.807, 2.05) is 0 Å². The fourth-order valence-electron chi connectivity index (χ4n) is 2.61. The highest BCUT2D eigenvalue weighted by molar-refractivity contribution is 5.59. The third-order valence-electron chi connectivity index (χ3n) is 3.27. The summed E-state index contributed by atoms with van der Waals surface area (Å²) in [6, 6.07) is 0. The van der Waals surface area contributed by atoms with Crippen molar-refractivity contribution in [2.24, 2.45) is 0 Å². The maximum Gasteiger partial charge on any atom is -0.00898 e. The smallest absolute Gasteiger partial charge is 0.00898 e. The van der Waals surface area contributed by atoms with Gasteiger partial charge < -0.3 is 0 Å². The molecule has 0 radical (unpaired) electrons. The molecule has 0 aromatic heterocycles. The van der Waals surface area contributed by atoms with Crippen molar-refractivity contribution in [2.45, 2.75) is 32.1 Å². The average molecular weight is 170 g/mol. The highest BCUT2D eigenvalue weighted by atomic mass is 14.3. The van der Waals surface area contributed by atoms with Crippen molar-refractivity contribution >= 4 is 0 Å². The molecular formula is C13H14. The Hall–Kier alpha value is -1.04. The summed E-state index contributed by atoms with van der Waals surface area (Å²) in [6.07, 6.45) is 15.7. The average Bonchev–Trinajstić information content (AvgIpc) is 2.56. The molecule has 0 aromatic rings. The minimum atomic E-state index is 1.25. The summed E-state index contributed by atoms with van der Waals surface area (Å²) < 4.78 is 0. The van der Waals surface area contributed by atoms with Gasteiger partial charge in [-0.15, -0.1) is 0 Å². The standard InChI is InChI=1S/C13H14/c1-3-7-12-10(5-1)9-11-6-2-4-8-13(11)12/h3-4,7-8H,1-2,5-6,9H2. The molecule has 0 unspecified atom stereocenters. The lowest BCUT2D eigenvalue weighted by atomic mass is 9.95. The van der Waals surface area contributed by atoms with Gasteiger partial charge in [0.05, 0.1) is 0 Å². The van der Waals surface area contributed by atoms with E-state index >= 15 is 0 Å². The Kier molecular flexibility index (Phi) is 1.55. The first-order valence-electron chi connectivity index (χ1n) is 5.22. The molecule has 0 fully saturated rings. The first kappa shape index (κ1) is 7.37. The van der Waals surface area contributed by atoms with Crippen molar-refractivity contribution in [1.82, 2.24) is 0 Å². The van der Waals surface area contributed by atoms with Gasteiger partial charge in [-0.3, -0.25) is 0 Å². The van der Waals surface area contributed by atoms with Crippen LogP contribution in [0, 0.1) is 0 Å². The second kappa shape index (κ2) is 2.73. The predicted octanol–water partition coefficient (Wildman–Crippen LogP) is 3.68. The Labute approximate surface area is 79.3 Å². The van der Waals surface area contributed by atoms with E-state index in [1.54, 1.807) is 22.3 Å². The molecule has 0 bridgehead atoms. The van der Waals surface area contributed by atoms with E-state index in [4.69, 9.17) is 0 Å². The van der Waals surface area contributed by atoms with Gasteiger partial charge >= 0.3 is 0 Å². The Morgan fingerprint density at radius 3 is 1.85 bits per heavy atom. The molecule has 0 heteroatoms. The van der Waals surface area contributed by atoms with Crippen LogP contribution < -0.4 is 0 Å². The SMILES string of the molecule is C1=CC2=C(CC1)CC1=C2C=CCC1. The topological polar surface area (TPSA) is 0 Å².